The van der Waals surface area contributed by atoms with Crippen molar-refractivity contribution in [2.45, 2.75) is 33.1 Å². The lowest BCUT2D eigenvalue weighted by Gasteiger charge is -2.36. The highest BCUT2D eigenvalue weighted by Crippen LogP contribution is 2.61. The third kappa shape index (κ3) is 1.10. The second-order valence-electron chi connectivity index (χ2n) is 6.10. The molecule has 1 spiro atoms. The standard InChI is InChI=1S/C15H18O3/c1-9-5-4-6-11-12(16)15(8-14(9,11)3)10(2)7-18-13(15)17/h6,9H,2,4-5,7-8H2,1,3H3/t9-,14+,15-/m0/s1. The number of Topliss-reactive ketones (excluding diaryl/α,β-unsaturated/α-hetero) is 1. The SMILES string of the molecule is C=C1COC(=O)[C@@]12C[C@@]1(C)C(=CCC[C@@H]1C)C2=O. The zero-order valence-corrected chi connectivity index (χ0v) is 10.9. The molecule has 3 aliphatic rings. The van der Waals surface area contributed by atoms with Crippen molar-refractivity contribution in [2.75, 3.05) is 6.61 Å². The van der Waals surface area contributed by atoms with Gasteiger partial charge in [0.05, 0.1) is 0 Å². The van der Waals surface area contributed by atoms with E-state index in [9.17, 15) is 9.59 Å². The van der Waals surface area contributed by atoms with Gasteiger partial charge in [-0.3, -0.25) is 9.59 Å². The Bertz CT molecular complexity index is 484. The second-order valence-corrected chi connectivity index (χ2v) is 6.10. The van der Waals surface area contributed by atoms with Crippen molar-refractivity contribution in [3.8, 4) is 0 Å². The lowest BCUT2D eigenvalue weighted by molar-refractivity contribution is -0.149. The molecule has 1 heterocycles. The maximum atomic E-state index is 12.7. The molecule has 3 nitrogen and oxygen atoms in total. The molecule has 0 bridgehead atoms. The smallest absolute Gasteiger partial charge is 0.324 e. The van der Waals surface area contributed by atoms with Gasteiger partial charge in [0.2, 0.25) is 0 Å². The highest BCUT2D eigenvalue weighted by atomic mass is 16.5. The van der Waals surface area contributed by atoms with Gasteiger partial charge in [0, 0.05) is 5.41 Å². The summed E-state index contributed by atoms with van der Waals surface area (Å²) in [6.45, 7) is 8.38. The van der Waals surface area contributed by atoms with Crippen LogP contribution in [-0.4, -0.2) is 18.4 Å². The minimum Gasteiger partial charge on any atom is -0.460 e. The van der Waals surface area contributed by atoms with Crippen LogP contribution in [0.25, 0.3) is 0 Å². The third-order valence-corrected chi connectivity index (χ3v) is 5.25. The van der Waals surface area contributed by atoms with Crippen molar-refractivity contribution in [1.82, 2.24) is 0 Å². The van der Waals surface area contributed by atoms with Crippen molar-refractivity contribution >= 4 is 11.8 Å². The van der Waals surface area contributed by atoms with Crippen LogP contribution >= 0.6 is 0 Å². The Morgan fingerprint density at radius 2 is 2.17 bits per heavy atom. The summed E-state index contributed by atoms with van der Waals surface area (Å²) in [7, 11) is 0. The Morgan fingerprint density at radius 1 is 1.44 bits per heavy atom. The predicted octanol–water partition coefficient (Wildman–Crippen LogP) is 2.42. The van der Waals surface area contributed by atoms with Crippen LogP contribution in [0.1, 0.15) is 33.1 Å². The summed E-state index contributed by atoms with van der Waals surface area (Å²) in [5, 5.41) is 0. The quantitative estimate of drug-likeness (QED) is 0.374. The average molecular weight is 246 g/mol. The molecule has 0 unspecified atom stereocenters. The summed E-state index contributed by atoms with van der Waals surface area (Å²) in [4.78, 5) is 24.8. The number of hydrogen-bond donors (Lipinski definition) is 0. The first-order valence-electron chi connectivity index (χ1n) is 6.54. The molecule has 0 N–H and O–H groups in total. The zero-order chi connectivity index (χ0) is 13.1. The van der Waals surface area contributed by atoms with Gasteiger partial charge in [-0.15, -0.1) is 0 Å². The van der Waals surface area contributed by atoms with Gasteiger partial charge >= 0.3 is 5.97 Å². The number of ether oxygens (including phenoxy) is 1. The van der Waals surface area contributed by atoms with Crippen molar-refractivity contribution in [2.24, 2.45) is 16.7 Å². The largest absolute Gasteiger partial charge is 0.460 e. The number of carbonyl (C=O) groups is 2. The van der Waals surface area contributed by atoms with Gasteiger partial charge in [-0.2, -0.15) is 0 Å². The molecule has 1 saturated carbocycles. The molecule has 3 rings (SSSR count). The molecule has 1 aliphatic heterocycles. The number of esters is 1. The van der Waals surface area contributed by atoms with Crippen LogP contribution in [0.3, 0.4) is 0 Å². The van der Waals surface area contributed by atoms with Gasteiger partial charge in [-0.1, -0.05) is 26.5 Å². The number of ketones is 1. The van der Waals surface area contributed by atoms with Crippen molar-refractivity contribution in [3.63, 3.8) is 0 Å². The average Bonchev–Trinajstić information content (AvgIpc) is 2.74. The molecule has 96 valence electrons. The number of hydrogen-bond acceptors (Lipinski definition) is 3. The molecule has 0 aromatic rings. The number of allylic oxidation sites excluding steroid dienone is 2. The van der Waals surface area contributed by atoms with Gasteiger partial charge in [0.15, 0.2) is 11.2 Å². The molecule has 2 aliphatic carbocycles. The lowest BCUT2D eigenvalue weighted by Crippen LogP contribution is -2.33. The van der Waals surface area contributed by atoms with E-state index >= 15 is 0 Å². The second kappa shape index (κ2) is 3.34. The van der Waals surface area contributed by atoms with Crippen LogP contribution in [-0.2, 0) is 14.3 Å². The molecule has 0 aromatic carbocycles. The first-order valence-corrected chi connectivity index (χ1v) is 6.54. The van der Waals surface area contributed by atoms with E-state index in [0.29, 0.717) is 17.9 Å². The van der Waals surface area contributed by atoms with Crippen molar-refractivity contribution in [3.05, 3.63) is 23.8 Å². The summed E-state index contributed by atoms with van der Waals surface area (Å²) in [5.41, 5.74) is 0.211. The number of carbonyl (C=O) groups excluding carboxylic acids is 2. The van der Waals surface area contributed by atoms with Crippen LogP contribution in [0, 0.1) is 16.7 Å². The van der Waals surface area contributed by atoms with E-state index in [2.05, 4.69) is 20.4 Å². The normalized spacial score (nSPS) is 43.1. The Hall–Kier alpha value is -1.38. The first kappa shape index (κ1) is 11.7. The summed E-state index contributed by atoms with van der Waals surface area (Å²) >= 11 is 0. The van der Waals surface area contributed by atoms with E-state index in [1.165, 1.54) is 0 Å². The minimum atomic E-state index is -1.07. The highest BCUT2D eigenvalue weighted by Gasteiger charge is 2.65. The maximum absolute atomic E-state index is 12.7. The van der Waals surface area contributed by atoms with E-state index in [4.69, 9.17) is 4.74 Å². The minimum absolute atomic E-state index is 0.0518. The van der Waals surface area contributed by atoms with E-state index < -0.39 is 5.41 Å². The summed E-state index contributed by atoms with van der Waals surface area (Å²) in [5.74, 6) is -0.0210. The fourth-order valence-electron chi connectivity index (χ4n) is 3.77. The van der Waals surface area contributed by atoms with E-state index in [-0.39, 0.29) is 23.8 Å². The lowest BCUT2D eigenvalue weighted by atomic mass is 9.67. The molecule has 1 saturated heterocycles. The monoisotopic (exact) mass is 246 g/mol. The fourth-order valence-corrected chi connectivity index (χ4v) is 3.77. The van der Waals surface area contributed by atoms with Crippen LogP contribution in [0.5, 0.6) is 0 Å². The van der Waals surface area contributed by atoms with Crippen molar-refractivity contribution < 1.29 is 14.3 Å². The Kier molecular flexibility index (Phi) is 2.17. The van der Waals surface area contributed by atoms with Gasteiger partial charge in [-0.25, -0.2) is 0 Å². The zero-order valence-electron chi connectivity index (χ0n) is 10.9. The summed E-state index contributed by atoms with van der Waals surface area (Å²) in [6, 6.07) is 0. The first-order chi connectivity index (χ1) is 8.43. The molecule has 0 amide bonds. The molecular formula is C15H18O3. The molecule has 0 aromatic heterocycles. The molecule has 2 fully saturated rings. The Morgan fingerprint density at radius 3 is 2.72 bits per heavy atom. The van der Waals surface area contributed by atoms with Gasteiger partial charge < -0.3 is 4.74 Å². The Balaban J connectivity index is 2.16. The van der Waals surface area contributed by atoms with E-state index in [1.54, 1.807) is 0 Å². The molecular weight excluding hydrogens is 228 g/mol. The summed E-state index contributed by atoms with van der Waals surface area (Å²) < 4.78 is 5.07. The molecule has 0 radical (unpaired) electrons. The highest BCUT2D eigenvalue weighted by molar-refractivity contribution is 6.18. The number of cyclic esters (lactones) is 1. The van der Waals surface area contributed by atoms with E-state index in [1.807, 2.05) is 6.08 Å². The van der Waals surface area contributed by atoms with Crippen LogP contribution in [0.4, 0.5) is 0 Å². The van der Waals surface area contributed by atoms with Gasteiger partial charge in [0.1, 0.15) is 6.61 Å². The topological polar surface area (TPSA) is 43.4 Å². The van der Waals surface area contributed by atoms with Crippen molar-refractivity contribution in [1.29, 1.82) is 0 Å². The van der Waals surface area contributed by atoms with Crippen LogP contribution in [0.15, 0.2) is 23.8 Å². The Labute approximate surface area is 107 Å². The third-order valence-electron chi connectivity index (χ3n) is 5.25. The van der Waals surface area contributed by atoms with Gasteiger partial charge in [0.25, 0.3) is 0 Å². The van der Waals surface area contributed by atoms with Gasteiger partial charge in [-0.05, 0) is 36.3 Å². The molecule has 18 heavy (non-hydrogen) atoms. The van der Waals surface area contributed by atoms with E-state index in [0.717, 1.165) is 18.4 Å². The number of fused-ring (bicyclic) bond motifs is 1. The van der Waals surface area contributed by atoms with Crippen LogP contribution < -0.4 is 0 Å². The molecule has 3 heteroatoms. The number of rotatable bonds is 0. The maximum Gasteiger partial charge on any atom is 0.324 e. The fraction of sp³-hybridized carbons (Fsp3) is 0.600. The van der Waals surface area contributed by atoms with Crippen LogP contribution in [0.2, 0.25) is 0 Å². The molecule has 3 atom stereocenters. The predicted molar refractivity (Wildman–Crippen MR) is 66.7 cm³/mol. The summed E-state index contributed by atoms with van der Waals surface area (Å²) in [6.07, 6.45) is 4.57.